The van der Waals surface area contributed by atoms with Gasteiger partial charge in [-0.05, 0) is 18.6 Å². The molecular formula is C19H31N3O6S. The molecule has 1 fully saturated rings. The zero-order valence-electron chi connectivity index (χ0n) is 17.3. The predicted octanol–water partition coefficient (Wildman–Crippen LogP) is 0.553. The van der Waals surface area contributed by atoms with E-state index in [0.29, 0.717) is 31.9 Å². The van der Waals surface area contributed by atoms with Gasteiger partial charge in [0.1, 0.15) is 16.4 Å². The van der Waals surface area contributed by atoms with Crippen LogP contribution in [0.3, 0.4) is 0 Å². The van der Waals surface area contributed by atoms with Gasteiger partial charge in [-0.15, -0.1) is 0 Å². The minimum Gasteiger partial charge on any atom is -0.497 e. The molecule has 0 saturated carbocycles. The van der Waals surface area contributed by atoms with Crippen LogP contribution >= 0.6 is 0 Å². The maximum absolute atomic E-state index is 13.4. The molecule has 9 nitrogen and oxygen atoms in total. The van der Waals surface area contributed by atoms with Crippen LogP contribution in [0, 0.1) is 0 Å². The molecule has 2 rings (SSSR count). The maximum Gasteiger partial charge on any atom is 0.246 e. The Morgan fingerprint density at radius 2 is 1.86 bits per heavy atom. The van der Waals surface area contributed by atoms with Gasteiger partial charge in [-0.25, -0.2) is 8.42 Å². The van der Waals surface area contributed by atoms with Crippen molar-refractivity contribution in [3.8, 4) is 11.5 Å². The SMILES string of the molecule is COCCCN(CCC(=O)N1CCNCC1)S(=O)(=O)c1cc(OC)ccc1OC. The third-order valence-electron chi connectivity index (χ3n) is 4.79. The van der Waals surface area contributed by atoms with Crippen molar-refractivity contribution in [2.24, 2.45) is 0 Å². The molecule has 1 aliphatic rings. The van der Waals surface area contributed by atoms with Crippen molar-refractivity contribution >= 4 is 15.9 Å². The monoisotopic (exact) mass is 429 g/mol. The number of nitrogens with one attached hydrogen (secondary N) is 1. The first kappa shape index (κ1) is 23.4. The first-order valence-corrected chi connectivity index (χ1v) is 11.1. The van der Waals surface area contributed by atoms with E-state index in [1.807, 2.05) is 0 Å². The van der Waals surface area contributed by atoms with Gasteiger partial charge in [0.25, 0.3) is 0 Å². The van der Waals surface area contributed by atoms with Crippen LogP contribution in [0.25, 0.3) is 0 Å². The number of hydrogen-bond acceptors (Lipinski definition) is 7. The van der Waals surface area contributed by atoms with Crippen LogP contribution in [0.15, 0.2) is 23.1 Å². The zero-order valence-corrected chi connectivity index (χ0v) is 18.2. The van der Waals surface area contributed by atoms with Gasteiger partial charge in [0.2, 0.25) is 15.9 Å². The van der Waals surface area contributed by atoms with Crippen molar-refractivity contribution in [1.82, 2.24) is 14.5 Å². The summed E-state index contributed by atoms with van der Waals surface area (Å²) >= 11 is 0. The largest absolute Gasteiger partial charge is 0.497 e. The quantitative estimate of drug-likeness (QED) is 0.513. The molecule has 10 heteroatoms. The van der Waals surface area contributed by atoms with Crippen molar-refractivity contribution < 1.29 is 27.4 Å². The van der Waals surface area contributed by atoms with E-state index in [1.54, 1.807) is 24.1 Å². The number of carbonyl (C=O) groups excluding carboxylic acids is 1. The number of benzene rings is 1. The van der Waals surface area contributed by atoms with E-state index in [2.05, 4.69) is 5.32 Å². The third-order valence-corrected chi connectivity index (χ3v) is 6.71. The highest BCUT2D eigenvalue weighted by Crippen LogP contribution is 2.30. The molecule has 164 valence electrons. The molecule has 1 amide bonds. The zero-order chi connectivity index (χ0) is 21.3. The molecule has 0 spiro atoms. The van der Waals surface area contributed by atoms with Gasteiger partial charge in [-0.1, -0.05) is 0 Å². The van der Waals surface area contributed by atoms with Gasteiger partial charge in [-0.2, -0.15) is 4.31 Å². The highest BCUT2D eigenvalue weighted by Gasteiger charge is 2.29. The van der Waals surface area contributed by atoms with Crippen LogP contribution in [0.4, 0.5) is 0 Å². The van der Waals surface area contributed by atoms with E-state index in [9.17, 15) is 13.2 Å². The molecule has 29 heavy (non-hydrogen) atoms. The van der Waals surface area contributed by atoms with E-state index in [1.165, 1.54) is 24.6 Å². The van der Waals surface area contributed by atoms with E-state index in [0.717, 1.165) is 13.1 Å². The molecule has 1 aromatic carbocycles. The Morgan fingerprint density at radius 1 is 1.14 bits per heavy atom. The lowest BCUT2D eigenvalue weighted by molar-refractivity contribution is -0.131. The first-order valence-electron chi connectivity index (χ1n) is 9.63. The first-order chi connectivity index (χ1) is 13.9. The Hall–Kier alpha value is -1.88. The normalized spacial score (nSPS) is 14.8. The van der Waals surface area contributed by atoms with Gasteiger partial charge < -0.3 is 24.4 Å². The predicted molar refractivity (Wildman–Crippen MR) is 109 cm³/mol. The molecule has 0 radical (unpaired) electrons. The van der Waals surface area contributed by atoms with Crippen LogP contribution < -0.4 is 14.8 Å². The Kier molecular flexibility index (Phi) is 9.15. The topological polar surface area (TPSA) is 97.4 Å². The van der Waals surface area contributed by atoms with Crippen LogP contribution in [0.1, 0.15) is 12.8 Å². The van der Waals surface area contributed by atoms with Gasteiger partial charge in [0.05, 0.1) is 14.2 Å². The number of piperazine rings is 1. The number of amides is 1. The summed E-state index contributed by atoms with van der Waals surface area (Å²) in [4.78, 5) is 14.3. The lowest BCUT2D eigenvalue weighted by Crippen LogP contribution is -2.47. The van der Waals surface area contributed by atoms with Gasteiger partial charge >= 0.3 is 0 Å². The van der Waals surface area contributed by atoms with Crippen LogP contribution in [-0.4, -0.2) is 90.7 Å². The Balaban J connectivity index is 2.21. The highest BCUT2D eigenvalue weighted by atomic mass is 32.2. The van der Waals surface area contributed by atoms with Crippen LogP contribution in [-0.2, 0) is 19.6 Å². The summed E-state index contributed by atoms with van der Waals surface area (Å²) in [6, 6.07) is 4.64. The van der Waals surface area contributed by atoms with Gasteiger partial charge in [0.15, 0.2) is 0 Å². The van der Waals surface area contributed by atoms with Crippen molar-refractivity contribution in [3.63, 3.8) is 0 Å². The van der Waals surface area contributed by atoms with Gasteiger partial charge in [-0.3, -0.25) is 4.79 Å². The molecule has 0 bridgehead atoms. The molecule has 1 aromatic rings. The average molecular weight is 430 g/mol. The minimum absolute atomic E-state index is 0.0198. The Bertz CT molecular complexity index is 765. The number of carbonyl (C=O) groups is 1. The second-order valence-corrected chi connectivity index (χ2v) is 8.55. The fourth-order valence-corrected chi connectivity index (χ4v) is 4.80. The summed E-state index contributed by atoms with van der Waals surface area (Å²) in [6.07, 6.45) is 0.641. The Labute approximate surface area is 173 Å². The number of rotatable bonds is 11. The van der Waals surface area contributed by atoms with Crippen LogP contribution in [0.2, 0.25) is 0 Å². The van der Waals surface area contributed by atoms with E-state index in [4.69, 9.17) is 14.2 Å². The van der Waals surface area contributed by atoms with E-state index in [-0.39, 0.29) is 36.1 Å². The fourth-order valence-electron chi connectivity index (χ4n) is 3.15. The molecule has 1 N–H and O–H groups in total. The number of ether oxygens (including phenoxy) is 3. The van der Waals surface area contributed by atoms with E-state index >= 15 is 0 Å². The van der Waals surface area contributed by atoms with Crippen molar-refractivity contribution in [2.45, 2.75) is 17.7 Å². The molecule has 0 aromatic heterocycles. The average Bonchev–Trinajstić information content (AvgIpc) is 2.75. The summed E-state index contributed by atoms with van der Waals surface area (Å²) in [5.41, 5.74) is 0. The van der Waals surface area contributed by atoms with E-state index < -0.39 is 10.0 Å². The third kappa shape index (κ3) is 6.30. The maximum atomic E-state index is 13.4. The van der Waals surface area contributed by atoms with Crippen LogP contribution in [0.5, 0.6) is 11.5 Å². The molecular weight excluding hydrogens is 398 g/mol. The smallest absolute Gasteiger partial charge is 0.246 e. The molecule has 1 saturated heterocycles. The molecule has 0 atom stereocenters. The second-order valence-electron chi connectivity index (χ2n) is 6.65. The number of sulfonamides is 1. The molecule has 1 heterocycles. The Morgan fingerprint density at radius 3 is 2.48 bits per heavy atom. The summed E-state index contributed by atoms with van der Waals surface area (Å²) in [5.74, 6) is 0.602. The molecule has 0 unspecified atom stereocenters. The summed E-state index contributed by atoms with van der Waals surface area (Å²) in [5, 5.41) is 3.20. The molecule has 1 aliphatic heterocycles. The highest BCUT2D eigenvalue weighted by molar-refractivity contribution is 7.89. The second kappa shape index (κ2) is 11.3. The summed E-state index contributed by atoms with van der Waals surface area (Å²) in [7, 11) is 0.567. The van der Waals surface area contributed by atoms with Crippen molar-refractivity contribution in [3.05, 3.63) is 18.2 Å². The fraction of sp³-hybridized carbons (Fsp3) is 0.632. The summed E-state index contributed by atoms with van der Waals surface area (Å²) in [6.45, 7) is 3.54. The van der Waals surface area contributed by atoms with Crippen molar-refractivity contribution in [2.75, 3.05) is 67.2 Å². The minimum atomic E-state index is -3.89. The summed E-state index contributed by atoms with van der Waals surface area (Å²) < 4.78 is 43.6. The lowest BCUT2D eigenvalue weighted by Gasteiger charge is -2.29. The number of methoxy groups -OCH3 is 3. The molecule has 0 aliphatic carbocycles. The standard InChI is InChI=1S/C19H31N3O6S/c1-26-14-4-10-22(11-7-19(23)21-12-8-20-9-13-21)29(24,25)18-15-16(27-2)5-6-17(18)28-3/h5-6,15,20H,4,7-14H2,1-3H3. The lowest BCUT2D eigenvalue weighted by atomic mass is 10.3. The van der Waals surface area contributed by atoms with Crippen molar-refractivity contribution in [1.29, 1.82) is 0 Å². The van der Waals surface area contributed by atoms with Gasteiger partial charge in [0, 0.05) is 65.5 Å². The number of nitrogens with zero attached hydrogens (tertiary/aromatic N) is 2. The number of hydrogen-bond donors (Lipinski definition) is 1.